The Hall–Kier alpha value is -1.82. The second-order valence-corrected chi connectivity index (χ2v) is 3.68. The molecule has 1 aromatic heterocycles. The highest BCUT2D eigenvalue weighted by Crippen LogP contribution is 2.21. The van der Waals surface area contributed by atoms with Crippen LogP contribution in [-0.2, 0) is 14.3 Å². The Balaban J connectivity index is 2.65. The van der Waals surface area contributed by atoms with E-state index in [-0.39, 0.29) is 5.91 Å². The first-order valence-electron chi connectivity index (χ1n) is 4.92. The summed E-state index contributed by atoms with van der Waals surface area (Å²) in [5.41, 5.74) is 0.781. The van der Waals surface area contributed by atoms with E-state index < -0.39 is 5.97 Å². The molecule has 1 aromatic rings. The van der Waals surface area contributed by atoms with Gasteiger partial charge in [-0.1, -0.05) is 0 Å². The van der Waals surface area contributed by atoms with E-state index in [9.17, 15) is 9.59 Å². The number of nitrogens with one attached hydrogen (secondary N) is 1. The summed E-state index contributed by atoms with van der Waals surface area (Å²) >= 11 is 1.31. The maximum absolute atomic E-state index is 11.4. The van der Waals surface area contributed by atoms with E-state index in [2.05, 4.69) is 10.1 Å². The molecule has 1 heterocycles. The number of rotatable bonds is 5. The third-order valence-corrected chi connectivity index (χ3v) is 2.55. The molecule has 0 aromatic carbocycles. The molecule has 5 nitrogen and oxygen atoms in total. The average molecular weight is 255 g/mol. The van der Waals surface area contributed by atoms with Gasteiger partial charge in [0.2, 0.25) is 0 Å². The van der Waals surface area contributed by atoms with Crippen molar-refractivity contribution in [3.05, 3.63) is 28.7 Å². The fourth-order valence-electron chi connectivity index (χ4n) is 1.04. The van der Waals surface area contributed by atoms with Crippen LogP contribution in [0.5, 0.6) is 0 Å². The lowest BCUT2D eigenvalue weighted by Gasteiger charge is -2.02. The number of esters is 1. The number of hydrogen-bond donors (Lipinski definition) is 1. The van der Waals surface area contributed by atoms with Crippen LogP contribution in [-0.4, -0.2) is 25.6 Å². The minimum atomic E-state index is -0.477. The highest BCUT2D eigenvalue weighted by molar-refractivity contribution is 7.08. The van der Waals surface area contributed by atoms with Crippen LogP contribution >= 0.6 is 11.3 Å². The summed E-state index contributed by atoms with van der Waals surface area (Å²) in [6.45, 7) is 2.31. The fraction of sp³-hybridized carbons (Fsp3) is 0.273. The SMILES string of the molecule is CCOC=CC(=O)Nc1cscc1C(=O)OC. The van der Waals surface area contributed by atoms with E-state index in [1.165, 1.54) is 30.8 Å². The van der Waals surface area contributed by atoms with Crippen LogP contribution < -0.4 is 5.32 Å². The van der Waals surface area contributed by atoms with Crippen molar-refractivity contribution in [2.45, 2.75) is 6.92 Å². The summed E-state index contributed by atoms with van der Waals surface area (Å²) in [5, 5.41) is 5.85. The maximum Gasteiger partial charge on any atom is 0.340 e. The molecule has 1 rings (SSSR count). The molecule has 0 bridgehead atoms. The second-order valence-electron chi connectivity index (χ2n) is 2.94. The molecule has 1 amide bonds. The minimum absolute atomic E-state index is 0.343. The molecule has 17 heavy (non-hydrogen) atoms. The number of hydrogen-bond acceptors (Lipinski definition) is 5. The van der Waals surface area contributed by atoms with Crippen LogP contribution in [0.2, 0.25) is 0 Å². The standard InChI is InChI=1S/C11H13NO4S/c1-3-16-5-4-10(13)12-9-7-17-6-8(9)11(14)15-2/h4-7H,3H2,1-2H3,(H,12,13). The van der Waals surface area contributed by atoms with Gasteiger partial charge in [0, 0.05) is 16.8 Å². The predicted molar refractivity (Wildman–Crippen MR) is 65.1 cm³/mol. The number of methoxy groups -OCH3 is 1. The fourth-order valence-corrected chi connectivity index (χ4v) is 1.79. The first-order valence-corrected chi connectivity index (χ1v) is 5.87. The summed E-state index contributed by atoms with van der Waals surface area (Å²) in [6.07, 6.45) is 2.56. The Bertz CT molecular complexity index is 425. The van der Waals surface area contributed by atoms with E-state index in [0.29, 0.717) is 17.9 Å². The molecule has 0 fully saturated rings. The number of anilines is 1. The normalized spacial score (nSPS) is 10.2. The number of thiophene rings is 1. The largest absolute Gasteiger partial charge is 0.501 e. The Morgan fingerprint density at radius 2 is 2.24 bits per heavy atom. The van der Waals surface area contributed by atoms with Crippen molar-refractivity contribution in [1.29, 1.82) is 0 Å². The summed E-state index contributed by atoms with van der Waals surface area (Å²) in [7, 11) is 1.29. The van der Waals surface area contributed by atoms with Crippen molar-refractivity contribution < 1.29 is 19.1 Å². The topological polar surface area (TPSA) is 64.6 Å². The quantitative estimate of drug-likeness (QED) is 0.496. The molecule has 92 valence electrons. The predicted octanol–water partition coefficient (Wildman–Crippen LogP) is 2.02. The summed E-state index contributed by atoms with van der Waals surface area (Å²) in [6, 6.07) is 0. The Morgan fingerprint density at radius 1 is 1.47 bits per heavy atom. The second kappa shape index (κ2) is 6.70. The molecule has 0 aliphatic carbocycles. The van der Waals surface area contributed by atoms with Gasteiger partial charge in [-0.25, -0.2) is 4.79 Å². The van der Waals surface area contributed by atoms with Gasteiger partial charge in [-0.15, -0.1) is 11.3 Å². The van der Waals surface area contributed by atoms with Crippen molar-refractivity contribution >= 4 is 28.9 Å². The van der Waals surface area contributed by atoms with Crippen molar-refractivity contribution in [3.8, 4) is 0 Å². The number of carbonyl (C=O) groups is 2. The van der Waals surface area contributed by atoms with Gasteiger partial charge in [-0.05, 0) is 6.92 Å². The average Bonchev–Trinajstić information content (AvgIpc) is 2.76. The summed E-state index contributed by atoms with van der Waals surface area (Å²) in [5.74, 6) is -0.836. The van der Waals surface area contributed by atoms with E-state index >= 15 is 0 Å². The van der Waals surface area contributed by atoms with Crippen LogP contribution in [0.25, 0.3) is 0 Å². The zero-order valence-electron chi connectivity index (χ0n) is 9.56. The van der Waals surface area contributed by atoms with Crippen LogP contribution in [0.3, 0.4) is 0 Å². The smallest absolute Gasteiger partial charge is 0.340 e. The third kappa shape index (κ3) is 3.92. The van der Waals surface area contributed by atoms with Crippen molar-refractivity contribution in [2.75, 3.05) is 19.0 Å². The number of ether oxygens (including phenoxy) is 2. The molecular formula is C11H13NO4S. The van der Waals surface area contributed by atoms with Gasteiger partial charge in [0.15, 0.2) is 0 Å². The van der Waals surface area contributed by atoms with Crippen molar-refractivity contribution in [1.82, 2.24) is 0 Å². The van der Waals surface area contributed by atoms with Gasteiger partial charge in [-0.2, -0.15) is 0 Å². The van der Waals surface area contributed by atoms with Gasteiger partial charge < -0.3 is 14.8 Å². The Kier molecular flexibility index (Phi) is 5.22. The minimum Gasteiger partial charge on any atom is -0.501 e. The molecule has 0 aliphatic rings. The van der Waals surface area contributed by atoms with Crippen LogP contribution in [0.15, 0.2) is 23.1 Å². The van der Waals surface area contributed by atoms with Crippen LogP contribution in [0, 0.1) is 0 Å². The summed E-state index contributed by atoms with van der Waals surface area (Å²) < 4.78 is 9.48. The highest BCUT2D eigenvalue weighted by Gasteiger charge is 2.13. The zero-order chi connectivity index (χ0) is 12.7. The Labute approximate surface area is 103 Å². The van der Waals surface area contributed by atoms with E-state index in [4.69, 9.17) is 4.74 Å². The molecular weight excluding hydrogens is 242 g/mol. The van der Waals surface area contributed by atoms with E-state index in [0.717, 1.165) is 0 Å². The molecule has 0 atom stereocenters. The van der Waals surface area contributed by atoms with Crippen LogP contribution in [0.4, 0.5) is 5.69 Å². The third-order valence-electron chi connectivity index (χ3n) is 1.81. The number of carbonyl (C=O) groups excluding carboxylic acids is 2. The zero-order valence-corrected chi connectivity index (χ0v) is 10.4. The first-order chi connectivity index (χ1) is 8.19. The monoisotopic (exact) mass is 255 g/mol. The lowest BCUT2D eigenvalue weighted by molar-refractivity contribution is -0.112. The lowest BCUT2D eigenvalue weighted by Crippen LogP contribution is -2.11. The van der Waals surface area contributed by atoms with E-state index in [1.807, 2.05) is 6.92 Å². The highest BCUT2D eigenvalue weighted by atomic mass is 32.1. The molecule has 6 heteroatoms. The van der Waals surface area contributed by atoms with Crippen molar-refractivity contribution in [2.24, 2.45) is 0 Å². The lowest BCUT2D eigenvalue weighted by atomic mass is 10.3. The van der Waals surface area contributed by atoms with Gasteiger partial charge in [0.05, 0.1) is 31.2 Å². The molecule has 0 spiro atoms. The molecule has 1 N–H and O–H groups in total. The maximum atomic E-state index is 11.4. The van der Waals surface area contributed by atoms with Gasteiger partial charge in [0.25, 0.3) is 5.91 Å². The van der Waals surface area contributed by atoms with Gasteiger partial charge in [-0.3, -0.25) is 4.79 Å². The van der Waals surface area contributed by atoms with Crippen molar-refractivity contribution in [3.63, 3.8) is 0 Å². The summed E-state index contributed by atoms with van der Waals surface area (Å²) in [4.78, 5) is 22.8. The molecule has 0 aliphatic heterocycles. The Morgan fingerprint density at radius 3 is 2.88 bits per heavy atom. The molecule has 0 unspecified atom stereocenters. The van der Waals surface area contributed by atoms with E-state index in [1.54, 1.807) is 10.8 Å². The van der Waals surface area contributed by atoms with Crippen LogP contribution in [0.1, 0.15) is 17.3 Å². The number of amides is 1. The van der Waals surface area contributed by atoms with Gasteiger partial charge >= 0.3 is 5.97 Å². The van der Waals surface area contributed by atoms with Gasteiger partial charge in [0.1, 0.15) is 0 Å². The molecule has 0 radical (unpaired) electrons. The first kappa shape index (κ1) is 13.2. The molecule has 0 saturated heterocycles. The molecule has 0 saturated carbocycles.